The van der Waals surface area contributed by atoms with Crippen molar-refractivity contribution >= 4 is 16.9 Å². The molecular weight excluding hydrogens is 232 g/mol. The number of ether oxygens (including phenoxy) is 1. The van der Waals surface area contributed by atoms with Crippen LogP contribution in [0.2, 0.25) is 0 Å². The minimum absolute atomic E-state index is 0.0748. The molecule has 1 saturated heterocycles. The van der Waals surface area contributed by atoms with Crippen LogP contribution in [0.25, 0.3) is 0 Å². The number of thioether (sulfide) groups is 1. The first-order valence-electron chi connectivity index (χ1n) is 5.67. The van der Waals surface area contributed by atoms with E-state index in [1.54, 1.807) is 18.9 Å². The van der Waals surface area contributed by atoms with Crippen molar-refractivity contribution < 1.29 is 4.74 Å². The van der Waals surface area contributed by atoms with Gasteiger partial charge in [-0.1, -0.05) is 23.9 Å². The summed E-state index contributed by atoms with van der Waals surface area (Å²) in [6, 6.07) is 8.16. The Balaban J connectivity index is 2.32. The van der Waals surface area contributed by atoms with Crippen LogP contribution in [0.15, 0.2) is 24.3 Å². The SMILES string of the molecule is COc1ccc(C2(C)CCSC(=N)N2C)cc1. The minimum atomic E-state index is -0.0748. The summed E-state index contributed by atoms with van der Waals surface area (Å²) in [7, 11) is 3.68. The third kappa shape index (κ3) is 2.14. The van der Waals surface area contributed by atoms with Gasteiger partial charge in [-0.2, -0.15) is 0 Å². The van der Waals surface area contributed by atoms with E-state index in [-0.39, 0.29) is 5.54 Å². The molecule has 0 amide bonds. The Bertz CT molecular complexity index is 418. The van der Waals surface area contributed by atoms with E-state index in [0.29, 0.717) is 5.17 Å². The molecule has 4 heteroatoms. The van der Waals surface area contributed by atoms with Gasteiger partial charge in [0, 0.05) is 12.8 Å². The zero-order valence-electron chi connectivity index (χ0n) is 10.5. The molecular formula is C13H18N2OS. The first kappa shape index (κ1) is 12.3. The van der Waals surface area contributed by atoms with E-state index >= 15 is 0 Å². The van der Waals surface area contributed by atoms with Crippen molar-refractivity contribution in [2.45, 2.75) is 18.9 Å². The molecule has 0 aromatic heterocycles. The molecule has 0 aliphatic carbocycles. The highest BCUT2D eigenvalue weighted by atomic mass is 32.2. The Kier molecular flexibility index (Phi) is 3.33. The average Bonchev–Trinajstić information content (AvgIpc) is 2.36. The van der Waals surface area contributed by atoms with E-state index < -0.39 is 0 Å². The molecule has 1 heterocycles. The van der Waals surface area contributed by atoms with E-state index in [9.17, 15) is 0 Å². The topological polar surface area (TPSA) is 36.3 Å². The molecule has 1 unspecified atom stereocenters. The van der Waals surface area contributed by atoms with Gasteiger partial charge in [0.15, 0.2) is 5.17 Å². The third-order valence-corrected chi connectivity index (χ3v) is 4.54. The van der Waals surface area contributed by atoms with Crippen molar-refractivity contribution in [3.63, 3.8) is 0 Å². The summed E-state index contributed by atoms with van der Waals surface area (Å²) in [6.07, 6.45) is 1.06. The van der Waals surface area contributed by atoms with Gasteiger partial charge in [-0.25, -0.2) is 0 Å². The van der Waals surface area contributed by atoms with Gasteiger partial charge in [0.1, 0.15) is 5.75 Å². The third-order valence-electron chi connectivity index (χ3n) is 3.58. The molecule has 1 aliphatic rings. The van der Waals surface area contributed by atoms with Crippen LogP contribution in [0.1, 0.15) is 18.9 Å². The first-order chi connectivity index (χ1) is 8.08. The monoisotopic (exact) mass is 250 g/mol. The maximum Gasteiger partial charge on any atom is 0.156 e. The number of amidine groups is 1. The lowest BCUT2D eigenvalue weighted by Crippen LogP contribution is -2.47. The summed E-state index contributed by atoms with van der Waals surface area (Å²) in [5.74, 6) is 1.88. The molecule has 2 rings (SSSR count). The second kappa shape index (κ2) is 4.61. The minimum Gasteiger partial charge on any atom is -0.497 e. The maximum atomic E-state index is 7.94. The molecule has 0 spiro atoms. The molecule has 1 N–H and O–H groups in total. The quantitative estimate of drug-likeness (QED) is 0.876. The van der Waals surface area contributed by atoms with Crippen LogP contribution in [-0.4, -0.2) is 30.0 Å². The Morgan fingerprint density at radius 2 is 2.00 bits per heavy atom. The number of nitrogens with zero attached hydrogens (tertiary/aromatic N) is 1. The van der Waals surface area contributed by atoms with Crippen LogP contribution in [0.3, 0.4) is 0 Å². The molecule has 1 aliphatic heterocycles. The van der Waals surface area contributed by atoms with Crippen LogP contribution in [0.5, 0.6) is 5.75 Å². The molecule has 17 heavy (non-hydrogen) atoms. The Labute approximate surface area is 107 Å². The van der Waals surface area contributed by atoms with Crippen LogP contribution in [0.4, 0.5) is 0 Å². The Morgan fingerprint density at radius 3 is 2.59 bits per heavy atom. The van der Waals surface area contributed by atoms with Crippen LogP contribution >= 0.6 is 11.8 Å². The highest BCUT2D eigenvalue weighted by molar-refractivity contribution is 8.13. The maximum absolute atomic E-state index is 7.94. The van der Waals surface area contributed by atoms with Crippen molar-refractivity contribution in [3.05, 3.63) is 29.8 Å². The summed E-state index contributed by atoms with van der Waals surface area (Å²) in [4.78, 5) is 2.06. The lowest BCUT2D eigenvalue weighted by atomic mass is 9.88. The van der Waals surface area contributed by atoms with Gasteiger partial charge in [-0.15, -0.1) is 0 Å². The molecule has 0 radical (unpaired) electrons. The number of benzene rings is 1. The van der Waals surface area contributed by atoms with E-state index in [2.05, 4.69) is 24.0 Å². The van der Waals surface area contributed by atoms with Crippen molar-refractivity contribution in [3.8, 4) is 5.75 Å². The van der Waals surface area contributed by atoms with Crippen molar-refractivity contribution in [2.24, 2.45) is 0 Å². The Morgan fingerprint density at radius 1 is 1.35 bits per heavy atom. The fourth-order valence-corrected chi connectivity index (χ4v) is 3.21. The zero-order valence-corrected chi connectivity index (χ0v) is 11.3. The van der Waals surface area contributed by atoms with Gasteiger partial charge in [0.05, 0.1) is 12.6 Å². The lowest BCUT2D eigenvalue weighted by molar-refractivity contribution is 0.223. The van der Waals surface area contributed by atoms with Gasteiger partial charge in [-0.05, 0) is 31.0 Å². The van der Waals surface area contributed by atoms with Crippen molar-refractivity contribution in [1.29, 1.82) is 5.41 Å². The predicted octanol–water partition coefficient (Wildman–Crippen LogP) is 2.91. The predicted molar refractivity (Wildman–Crippen MR) is 72.9 cm³/mol. The standard InChI is InChI=1S/C13H18N2OS/c1-13(8-9-17-12(14)15(13)2)10-4-6-11(16-3)7-5-10/h4-7,14H,8-9H2,1-3H3. The second-order valence-electron chi connectivity index (χ2n) is 4.46. The second-order valence-corrected chi connectivity index (χ2v) is 5.55. The molecule has 0 saturated carbocycles. The van der Waals surface area contributed by atoms with E-state index in [1.165, 1.54) is 5.56 Å². The van der Waals surface area contributed by atoms with Gasteiger partial charge >= 0.3 is 0 Å². The number of hydrogen-bond acceptors (Lipinski definition) is 3. The fraction of sp³-hybridized carbons (Fsp3) is 0.462. The normalized spacial score (nSPS) is 24.9. The Hall–Kier alpha value is -1.16. The average molecular weight is 250 g/mol. The molecule has 1 aromatic rings. The van der Waals surface area contributed by atoms with Crippen LogP contribution < -0.4 is 4.74 Å². The molecule has 1 aromatic carbocycles. The summed E-state index contributed by atoms with van der Waals surface area (Å²) in [6.45, 7) is 2.20. The number of nitrogens with one attached hydrogen (secondary N) is 1. The number of methoxy groups -OCH3 is 1. The van der Waals surface area contributed by atoms with Crippen molar-refractivity contribution in [1.82, 2.24) is 4.90 Å². The van der Waals surface area contributed by atoms with Gasteiger partial charge < -0.3 is 9.64 Å². The summed E-state index contributed by atoms with van der Waals surface area (Å²) >= 11 is 1.62. The van der Waals surface area contributed by atoms with E-state index in [4.69, 9.17) is 10.1 Å². The van der Waals surface area contributed by atoms with Gasteiger partial charge in [0.2, 0.25) is 0 Å². The summed E-state index contributed by atoms with van der Waals surface area (Å²) in [5.41, 5.74) is 1.17. The largest absolute Gasteiger partial charge is 0.497 e. The van der Waals surface area contributed by atoms with Gasteiger partial charge in [0.25, 0.3) is 0 Å². The number of hydrogen-bond donors (Lipinski definition) is 1. The first-order valence-corrected chi connectivity index (χ1v) is 6.66. The zero-order chi connectivity index (χ0) is 12.5. The molecule has 0 bridgehead atoms. The molecule has 92 valence electrons. The lowest BCUT2D eigenvalue weighted by Gasteiger charge is -2.44. The highest BCUT2D eigenvalue weighted by Crippen LogP contribution is 2.38. The number of rotatable bonds is 2. The smallest absolute Gasteiger partial charge is 0.156 e. The molecule has 1 atom stereocenters. The van der Waals surface area contributed by atoms with Crippen LogP contribution in [-0.2, 0) is 5.54 Å². The summed E-state index contributed by atoms with van der Waals surface area (Å²) in [5, 5.41) is 8.59. The fourth-order valence-electron chi connectivity index (χ4n) is 2.12. The van der Waals surface area contributed by atoms with Gasteiger partial charge in [-0.3, -0.25) is 5.41 Å². The summed E-state index contributed by atoms with van der Waals surface area (Å²) < 4.78 is 5.18. The highest BCUT2D eigenvalue weighted by Gasteiger charge is 2.36. The van der Waals surface area contributed by atoms with E-state index in [1.807, 2.05) is 19.2 Å². The van der Waals surface area contributed by atoms with Crippen LogP contribution in [0, 0.1) is 5.41 Å². The van der Waals surface area contributed by atoms with Crippen molar-refractivity contribution in [2.75, 3.05) is 19.9 Å². The molecule has 3 nitrogen and oxygen atoms in total. The van der Waals surface area contributed by atoms with E-state index in [0.717, 1.165) is 17.9 Å². The molecule has 1 fully saturated rings.